The summed E-state index contributed by atoms with van der Waals surface area (Å²) in [4.78, 5) is 25.5. The number of amides is 1. The fourth-order valence-corrected chi connectivity index (χ4v) is 2.98. The first kappa shape index (κ1) is 19.4. The number of aryl methyl sites for hydroxylation is 2. The molecular weight excluding hydrogens is 354 g/mol. The van der Waals surface area contributed by atoms with Crippen molar-refractivity contribution in [3.05, 3.63) is 87.3 Å². The molecule has 6 heteroatoms. The molecule has 1 unspecified atom stereocenters. The molecular formula is C22H23N3O3. The quantitative estimate of drug-likeness (QED) is 0.714. The fraction of sp³-hybridized carbons (Fsp3) is 0.227. The number of carbonyl (C=O) groups is 1. The monoisotopic (exact) mass is 377 g/mol. The molecule has 2 N–H and O–H groups in total. The van der Waals surface area contributed by atoms with Gasteiger partial charge in [0.25, 0.3) is 5.56 Å². The summed E-state index contributed by atoms with van der Waals surface area (Å²) in [5, 5.41) is 16.7. The molecule has 0 aliphatic rings. The average molecular weight is 377 g/mol. The van der Waals surface area contributed by atoms with Gasteiger partial charge in [-0.3, -0.25) is 9.59 Å². The third-order valence-corrected chi connectivity index (χ3v) is 4.50. The number of carbonyl (C=O) groups excluding carboxylic acids is 1. The van der Waals surface area contributed by atoms with E-state index in [-0.39, 0.29) is 17.2 Å². The van der Waals surface area contributed by atoms with Gasteiger partial charge in [-0.1, -0.05) is 29.8 Å². The number of hydrogen-bond donors (Lipinski definition) is 2. The van der Waals surface area contributed by atoms with Gasteiger partial charge in [-0.2, -0.15) is 5.10 Å². The van der Waals surface area contributed by atoms with Crippen molar-refractivity contribution >= 4 is 11.6 Å². The van der Waals surface area contributed by atoms with Crippen LogP contribution in [0.4, 0.5) is 5.69 Å². The zero-order valence-electron chi connectivity index (χ0n) is 16.1. The molecule has 0 saturated heterocycles. The SMILES string of the molecule is Cc1ccc(NC(=O)C(C)n2nc(C)cc(Cc3cccc(O)c3)c2=O)cc1. The summed E-state index contributed by atoms with van der Waals surface area (Å²) in [7, 11) is 0. The largest absolute Gasteiger partial charge is 0.508 e. The summed E-state index contributed by atoms with van der Waals surface area (Å²) in [6, 6.07) is 15.2. The maximum atomic E-state index is 12.9. The van der Waals surface area contributed by atoms with Crippen LogP contribution in [-0.4, -0.2) is 20.8 Å². The van der Waals surface area contributed by atoms with Crippen LogP contribution in [-0.2, 0) is 11.2 Å². The number of nitrogens with zero attached hydrogens (tertiary/aromatic N) is 2. The molecule has 1 atom stereocenters. The molecule has 0 radical (unpaired) electrons. The van der Waals surface area contributed by atoms with Crippen molar-refractivity contribution in [3.63, 3.8) is 0 Å². The highest BCUT2D eigenvalue weighted by molar-refractivity contribution is 5.93. The number of phenols is 1. The molecule has 3 aromatic rings. The van der Waals surface area contributed by atoms with E-state index >= 15 is 0 Å². The van der Waals surface area contributed by atoms with Crippen molar-refractivity contribution in [2.24, 2.45) is 0 Å². The van der Waals surface area contributed by atoms with Crippen LogP contribution in [0, 0.1) is 13.8 Å². The van der Waals surface area contributed by atoms with E-state index in [0.29, 0.717) is 23.4 Å². The Kier molecular flexibility index (Phi) is 5.59. The Morgan fingerprint density at radius 2 is 1.86 bits per heavy atom. The normalized spacial score (nSPS) is 11.8. The standard InChI is InChI=1S/C22H23N3O3/c1-14-7-9-19(10-8-14)23-21(27)16(3)25-22(28)18(11-15(2)24-25)12-17-5-4-6-20(26)13-17/h4-11,13,16,26H,12H2,1-3H3,(H,23,27). The van der Waals surface area contributed by atoms with E-state index in [1.807, 2.05) is 37.3 Å². The third-order valence-electron chi connectivity index (χ3n) is 4.50. The molecule has 0 saturated carbocycles. The second-order valence-electron chi connectivity index (χ2n) is 6.94. The van der Waals surface area contributed by atoms with Gasteiger partial charge in [0.15, 0.2) is 0 Å². The van der Waals surface area contributed by atoms with E-state index in [2.05, 4.69) is 10.4 Å². The molecule has 0 fully saturated rings. The zero-order chi connectivity index (χ0) is 20.3. The summed E-state index contributed by atoms with van der Waals surface area (Å²) in [5.74, 6) is -0.165. The van der Waals surface area contributed by atoms with E-state index < -0.39 is 6.04 Å². The van der Waals surface area contributed by atoms with Crippen LogP contribution < -0.4 is 10.9 Å². The van der Waals surface area contributed by atoms with Crippen molar-refractivity contribution in [1.29, 1.82) is 0 Å². The number of nitrogens with one attached hydrogen (secondary N) is 1. The maximum absolute atomic E-state index is 12.9. The van der Waals surface area contributed by atoms with E-state index in [1.54, 1.807) is 38.1 Å². The summed E-state index contributed by atoms with van der Waals surface area (Å²) >= 11 is 0. The van der Waals surface area contributed by atoms with Crippen LogP contribution in [0.5, 0.6) is 5.75 Å². The smallest absolute Gasteiger partial charge is 0.271 e. The maximum Gasteiger partial charge on any atom is 0.271 e. The van der Waals surface area contributed by atoms with Gasteiger partial charge in [-0.05, 0) is 56.7 Å². The summed E-state index contributed by atoms with van der Waals surface area (Å²) < 4.78 is 1.22. The van der Waals surface area contributed by atoms with Crippen LogP contribution in [0.1, 0.15) is 35.3 Å². The topological polar surface area (TPSA) is 84.2 Å². The van der Waals surface area contributed by atoms with Gasteiger partial charge < -0.3 is 10.4 Å². The number of hydrogen-bond acceptors (Lipinski definition) is 4. The van der Waals surface area contributed by atoms with Gasteiger partial charge in [0.2, 0.25) is 5.91 Å². The first-order valence-corrected chi connectivity index (χ1v) is 9.08. The zero-order valence-corrected chi connectivity index (χ0v) is 16.1. The highest BCUT2D eigenvalue weighted by atomic mass is 16.3. The van der Waals surface area contributed by atoms with Crippen molar-refractivity contribution in [2.45, 2.75) is 33.2 Å². The van der Waals surface area contributed by atoms with Gasteiger partial charge in [0.05, 0.1) is 5.69 Å². The van der Waals surface area contributed by atoms with Gasteiger partial charge in [-0.15, -0.1) is 0 Å². The predicted molar refractivity (Wildman–Crippen MR) is 109 cm³/mol. The lowest BCUT2D eigenvalue weighted by Crippen LogP contribution is -2.35. The van der Waals surface area contributed by atoms with Crippen molar-refractivity contribution in [1.82, 2.24) is 9.78 Å². The second kappa shape index (κ2) is 8.08. The minimum atomic E-state index is -0.767. The van der Waals surface area contributed by atoms with E-state index in [9.17, 15) is 14.7 Å². The van der Waals surface area contributed by atoms with Gasteiger partial charge in [-0.25, -0.2) is 4.68 Å². The molecule has 28 heavy (non-hydrogen) atoms. The fourth-order valence-electron chi connectivity index (χ4n) is 2.98. The molecule has 2 aromatic carbocycles. The Hall–Kier alpha value is -3.41. The number of rotatable bonds is 5. The van der Waals surface area contributed by atoms with Crippen LogP contribution in [0.25, 0.3) is 0 Å². The van der Waals surface area contributed by atoms with E-state index in [1.165, 1.54) is 4.68 Å². The molecule has 1 heterocycles. The molecule has 0 aliphatic heterocycles. The molecule has 0 aliphatic carbocycles. The van der Waals surface area contributed by atoms with Crippen molar-refractivity contribution in [2.75, 3.05) is 5.32 Å². The van der Waals surface area contributed by atoms with Crippen LogP contribution in [0.3, 0.4) is 0 Å². The molecule has 0 spiro atoms. The Morgan fingerprint density at radius 1 is 1.14 bits per heavy atom. The second-order valence-corrected chi connectivity index (χ2v) is 6.94. The Bertz CT molecular complexity index is 1060. The average Bonchev–Trinajstić information content (AvgIpc) is 2.65. The van der Waals surface area contributed by atoms with Gasteiger partial charge in [0, 0.05) is 17.7 Å². The van der Waals surface area contributed by atoms with Crippen LogP contribution in [0.2, 0.25) is 0 Å². The summed E-state index contributed by atoms with van der Waals surface area (Å²) in [5.41, 5.74) is 3.42. The Labute approximate surface area is 163 Å². The minimum absolute atomic E-state index is 0.148. The third kappa shape index (κ3) is 4.46. The summed E-state index contributed by atoms with van der Waals surface area (Å²) in [6.07, 6.45) is 0.350. The first-order valence-electron chi connectivity index (χ1n) is 9.08. The number of phenolic OH excluding ortho intramolecular Hbond substituents is 1. The number of benzene rings is 2. The number of anilines is 1. The van der Waals surface area contributed by atoms with Crippen molar-refractivity contribution in [3.8, 4) is 5.75 Å². The molecule has 6 nitrogen and oxygen atoms in total. The lowest BCUT2D eigenvalue weighted by Gasteiger charge is -2.16. The van der Waals surface area contributed by atoms with Gasteiger partial charge in [0.1, 0.15) is 11.8 Å². The number of aromatic nitrogens is 2. The van der Waals surface area contributed by atoms with Gasteiger partial charge >= 0.3 is 0 Å². The molecule has 144 valence electrons. The molecule has 1 aromatic heterocycles. The highest BCUT2D eigenvalue weighted by Gasteiger charge is 2.20. The lowest BCUT2D eigenvalue weighted by molar-refractivity contribution is -0.119. The van der Waals surface area contributed by atoms with E-state index in [0.717, 1.165) is 11.1 Å². The van der Waals surface area contributed by atoms with E-state index in [4.69, 9.17) is 0 Å². The highest BCUT2D eigenvalue weighted by Crippen LogP contribution is 2.15. The Morgan fingerprint density at radius 3 is 2.54 bits per heavy atom. The lowest BCUT2D eigenvalue weighted by atomic mass is 10.1. The molecule has 1 amide bonds. The molecule has 3 rings (SSSR count). The van der Waals surface area contributed by atoms with Crippen LogP contribution >= 0.6 is 0 Å². The first-order chi connectivity index (χ1) is 13.3. The van der Waals surface area contributed by atoms with Crippen LogP contribution in [0.15, 0.2) is 59.4 Å². The Balaban J connectivity index is 1.86. The number of aromatic hydroxyl groups is 1. The van der Waals surface area contributed by atoms with Crippen molar-refractivity contribution < 1.29 is 9.90 Å². The molecule has 0 bridgehead atoms. The predicted octanol–water partition coefficient (Wildman–Crippen LogP) is 3.36. The summed E-state index contributed by atoms with van der Waals surface area (Å²) in [6.45, 7) is 5.40. The minimum Gasteiger partial charge on any atom is -0.508 e.